The molecule has 0 aliphatic heterocycles. The first kappa shape index (κ1) is 10.6. The van der Waals surface area contributed by atoms with Crippen LogP contribution in [0.15, 0.2) is 16.7 Å². The van der Waals surface area contributed by atoms with Gasteiger partial charge in [0.25, 0.3) is 5.89 Å². The van der Waals surface area contributed by atoms with Crippen LogP contribution < -0.4 is 5.73 Å². The Morgan fingerprint density at radius 2 is 2.40 bits per heavy atom. The van der Waals surface area contributed by atoms with Crippen molar-refractivity contribution in [3.8, 4) is 10.8 Å². The zero-order valence-corrected chi connectivity index (χ0v) is 9.68. The van der Waals surface area contributed by atoms with Crippen LogP contribution in [-0.4, -0.2) is 16.2 Å². The molecule has 0 amide bonds. The second-order valence-electron chi connectivity index (χ2n) is 3.30. The number of nitrogens with zero attached hydrogens (tertiary/aromatic N) is 2. The van der Waals surface area contributed by atoms with Gasteiger partial charge in [-0.2, -0.15) is 4.98 Å². The molecule has 80 valence electrons. The smallest absolute Gasteiger partial charge is 0.268 e. The lowest BCUT2D eigenvalue weighted by Crippen LogP contribution is -2.18. The van der Waals surface area contributed by atoms with Gasteiger partial charge in [-0.1, -0.05) is 16.8 Å². The van der Waals surface area contributed by atoms with Gasteiger partial charge in [-0.05, 0) is 19.1 Å². The summed E-state index contributed by atoms with van der Waals surface area (Å²) in [6.07, 6.45) is 0.614. The Hall–Kier alpha value is -0.910. The first-order valence-corrected chi connectivity index (χ1v) is 5.68. The summed E-state index contributed by atoms with van der Waals surface area (Å²) in [6.45, 7) is 1.90. The van der Waals surface area contributed by atoms with E-state index in [0.717, 1.165) is 4.88 Å². The number of hydrogen-bond donors (Lipinski definition) is 1. The van der Waals surface area contributed by atoms with E-state index in [2.05, 4.69) is 10.1 Å². The van der Waals surface area contributed by atoms with Crippen LogP contribution in [0, 0.1) is 0 Å². The van der Waals surface area contributed by atoms with Crippen molar-refractivity contribution >= 4 is 22.9 Å². The second kappa shape index (κ2) is 4.30. The molecule has 1 atom stereocenters. The van der Waals surface area contributed by atoms with Crippen LogP contribution in [0.2, 0.25) is 4.34 Å². The maximum atomic E-state index is 5.81. The summed E-state index contributed by atoms with van der Waals surface area (Å²) in [5.41, 5.74) is 5.64. The number of thiophene rings is 1. The van der Waals surface area contributed by atoms with Crippen molar-refractivity contribution in [2.24, 2.45) is 5.73 Å². The molecule has 0 aliphatic rings. The molecule has 6 heteroatoms. The number of nitrogens with two attached hydrogens (primary N) is 1. The van der Waals surface area contributed by atoms with E-state index in [1.807, 2.05) is 13.0 Å². The summed E-state index contributed by atoms with van der Waals surface area (Å²) in [6, 6.07) is 3.69. The molecule has 0 saturated heterocycles. The van der Waals surface area contributed by atoms with Crippen LogP contribution in [0.25, 0.3) is 10.8 Å². The van der Waals surface area contributed by atoms with Crippen molar-refractivity contribution in [2.45, 2.75) is 19.4 Å². The van der Waals surface area contributed by atoms with E-state index in [1.165, 1.54) is 11.3 Å². The van der Waals surface area contributed by atoms with Gasteiger partial charge < -0.3 is 10.3 Å². The van der Waals surface area contributed by atoms with E-state index in [9.17, 15) is 0 Å². The number of aromatic nitrogens is 2. The van der Waals surface area contributed by atoms with E-state index >= 15 is 0 Å². The molecular formula is C9H10ClN3OS. The van der Waals surface area contributed by atoms with E-state index in [-0.39, 0.29) is 6.04 Å². The van der Waals surface area contributed by atoms with Crippen molar-refractivity contribution in [2.75, 3.05) is 0 Å². The van der Waals surface area contributed by atoms with E-state index < -0.39 is 0 Å². The number of halogens is 1. The molecule has 15 heavy (non-hydrogen) atoms. The molecule has 4 nitrogen and oxygen atoms in total. The average molecular weight is 244 g/mol. The Bertz CT molecular complexity index is 452. The highest BCUT2D eigenvalue weighted by atomic mass is 35.5. The van der Waals surface area contributed by atoms with Gasteiger partial charge in [-0.3, -0.25) is 0 Å². The summed E-state index contributed by atoms with van der Waals surface area (Å²) in [5.74, 6) is 1.13. The summed E-state index contributed by atoms with van der Waals surface area (Å²) < 4.78 is 5.81. The molecule has 0 saturated carbocycles. The van der Waals surface area contributed by atoms with Gasteiger partial charge in [0.05, 0.1) is 9.21 Å². The van der Waals surface area contributed by atoms with Crippen LogP contribution in [0.4, 0.5) is 0 Å². The van der Waals surface area contributed by atoms with Gasteiger partial charge in [0.2, 0.25) is 0 Å². The molecule has 0 fully saturated rings. The van der Waals surface area contributed by atoms with Crippen molar-refractivity contribution < 1.29 is 4.52 Å². The summed E-state index contributed by atoms with van der Waals surface area (Å²) in [4.78, 5) is 5.11. The second-order valence-corrected chi connectivity index (χ2v) is 5.02. The third-order valence-electron chi connectivity index (χ3n) is 1.76. The number of rotatable bonds is 3. The third kappa shape index (κ3) is 2.56. The van der Waals surface area contributed by atoms with E-state index in [0.29, 0.717) is 22.5 Å². The monoisotopic (exact) mass is 243 g/mol. The lowest BCUT2D eigenvalue weighted by Gasteiger charge is -1.96. The Labute approximate surface area is 96.1 Å². The molecule has 2 heterocycles. The lowest BCUT2D eigenvalue weighted by atomic mass is 10.2. The van der Waals surface area contributed by atoms with Crippen molar-refractivity contribution in [1.29, 1.82) is 0 Å². The first-order chi connectivity index (χ1) is 7.15. The van der Waals surface area contributed by atoms with Gasteiger partial charge in [0, 0.05) is 12.5 Å². The molecule has 0 radical (unpaired) electrons. The van der Waals surface area contributed by atoms with Crippen LogP contribution in [0.5, 0.6) is 0 Å². The van der Waals surface area contributed by atoms with Crippen LogP contribution in [-0.2, 0) is 6.42 Å². The highest BCUT2D eigenvalue weighted by molar-refractivity contribution is 7.19. The zero-order chi connectivity index (χ0) is 10.8. The van der Waals surface area contributed by atoms with Crippen LogP contribution in [0.1, 0.15) is 12.7 Å². The topological polar surface area (TPSA) is 64.9 Å². The molecule has 2 aromatic heterocycles. The third-order valence-corrected chi connectivity index (χ3v) is 2.98. The predicted molar refractivity (Wildman–Crippen MR) is 60.0 cm³/mol. The van der Waals surface area contributed by atoms with Gasteiger partial charge >= 0.3 is 0 Å². The molecule has 2 rings (SSSR count). The molecule has 2 aromatic rings. The minimum atomic E-state index is 0.0300. The molecule has 2 N–H and O–H groups in total. The summed E-state index contributed by atoms with van der Waals surface area (Å²) in [5, 5.41) is 3.84. The highest BCUT2D eigenvalue weighted by Crippen LogP contribution is 2.29. The van der Waals surface area contributed by atoms with Gasteiger partial charge in [0.15, 0.2) is 5.82 Å². The van der Waals surface area contributed by atoms with Crippen LogP contribution in [0.3, 0.4) is 0 Å². The Balaban J connectivity index is 2.20. The maximum Gasteiger partial charge on any atom is 0.268 e. The van der Waals surface area contributed by atoms with E-state index in [4.69, 9.17) is 21.9 Å². The average Bonchev–Trinajstić information content (AvgIpc) is 2.72. The largest absolute Gasteiger partial charge is 0.333 e. The molecule has 0 bridgehead atoms. The Kier molecular flexibility index (Phi) is 3.04. The molecule has 1 unspecified atom stereocenters. The van der Waals surface area contributed by atoms with Crippen LogP contribution >= 0.6 is 22.9 Å². The summed E-state index contributed by atoms with van der Waals surface area (Å²) >= 11 is 7.22. The fourth-order valence-electron chi connectivity index (χ4n) is 1.15. The van der Waals surface area contributed by atoms with E-state index in [1.54, 1.807) is 6.07 Å². The summed E-state index contributed by atoms with van der Waals surface area (Å²) in [7, 11) is 0. The quantitative estimate of drug-likeness (QED) is 0.899. The Morgan fingerprint density at radius 1 is 1.60 bits per heavy atom. The molecule has 0 aliphatic carbocycles. The van der Waals surface area contributed by atoms with Gasteiger partial charge in [-0.15, -0.1) is 11.3 Å². The Morgan fingerprint density at radius 3 is 3.00 bits per heavy atom. The highest BCUT2D eigenvalue weighted by Gasteiger charge is 2.11. The van der Waals surface area contributed by atoms with Crippen molar-refractivity contribution in [3.05, 3.63) is 22.3 Å². The standard InChI is InChI=1S/C9H10ClN3OS/c1-5(11)4-8-12-9(14-13-8)6-2-3-7(10)15-6/h2-3,5H,4,11H2,1H3. The molecule has 0 aromatic carbocycles. The lowest BCUT2D eigenvalue weighted by molar-refractivity contribution is 0.421. The fraction of sp³-hybridized carbons (Fsp3) is 0.333. The molecule has 0 spiro atoms. The molecular weight excluding hydrogens is 234 g/mol. The first-order valence-electron chi connectivity index (χ1n) is 4.49. The van der Waals surface area contributed by atoms with Gasteiger partial charge in [0.1, 0.15) is 0 Å². The minimum absolute atomic E-state index is 0.0300. The fourth-order valence-corrected chi connectivity index (χ4v) is 2.12. The van der Waals surface area contributed by atoms with Crippen molar-refractivity contribution in [3.63, 3.8) is 0 Å². The maximum absolute atomic E-state index is 5.81. The van der Waals surface area contributed by atoms with Crippen molar-refractivity contribution in [1.82, 2.24) is 10.1 Å². The zero-order valence-electron chi connectivity index (χ0n) is 8.11. The SMILES string of the molecule is CC(N)Cc1noc(-c2ccc(Cl)s2)n1. The predicted octanol–water partition coefficient (Wildman–Crippen LogP) is 2.34. The van der Waals surface area contributed by atoms with Gasteiger partial charge in [-0.25, -0.2) is 0 Å². The normalized spacial score (nSPS) is 13.0. The minimum Gasteiger partial charge on any atom is -0.333 e. The number of hydrogen-bond acceptors (Lipinski definition) is 5.